The van der Waals surface area contributed by atoms with E-state index >= 15 is 0 Å². The maximum absolute atomic E-state index is 13.5. The molecule has 0 radical (unpaired) electrons. The molecule has 0 aliphatic heterocycles. The second-order valence-corrected chi connectivity index (χ2v) is 7.90. The van der Waals surface area contributed by atoms with Gasteiger partial charge in [-0.25, -0.2) is 0 Å². The molecular weight excluding hydrogens is 296 g/mol. The molecule has 124 valence electrons. The Morgan fingerprint density at radius 1 is 0.625 bits per heavy atom. The van der Waals surface area contributed by atoms with Crippen molar-refractivity contribution in [3.8, 4) is 0 Å². The molecule has 0 heterocycles. The van der Waals surface area contributed by atoms with Crippen LogP contribution in [-0.4, -0.2) is 11.6 Å². The molecule has 0 bridgehead atoms. The summed E-state index contributed by atoms with van der Waals surface area (Å²) in [5.74, 6) is 0.162. The van der Waals surface area contributed by atoms with Crippen LogP contribution < -0.4 is 0 Å². The molecule has 2 heteroatoms. The predicted molar refractivity (Wildman–Crippen MR) is 97.1 cm³/mol. The number of rotatable bonds is 0. The third kappa shape index (κ3) is 2.09. The molecule has 0 unspecified atom stereocenters. The average Bonchev–Trinajstić information content (AvgIpc) is 2.51. The molecule has 0 saturated heterocycles. The fraction of sp³-hybridized carbons (Fsp3) is 0.364. The van der Waals surface area contributed by atoms with Crippen molar-refractivity contribution in [2.45, 2.75) is 52.4 Å². The number of hydrogen-bond acceptors (Lipinski definition) is 2. The molecule has 2 aromatic carbocycles. The third-order valence-corrected chi connectivity index (χ3v) is 5.42. The van der Waals surface area contributed by atoms with Crippen LogP contribution in [0.2, 0.25) is 0 Å². The van der Waals surface area contributed by atoms with Gasteiger partial charge in [0.25, 0.3) is 0 Å². The van der Waals surface area contributed by atoms with E-state index in [0.29, 0.717) is 11.1 Å². The van der Waals surface area contributed by atoms with Crippen LogP contribution in [0.15, 0.2) is 36.4 Å². The molecule has 2 nitrogen and oxygen atoms in total. The molecule has 1 aliphatic carbocycles. The van der Waals surface area contributed by atoms with Crippen LogP contribution in [-0.2, 0) is 10.8 Å². The van der Waals surface area contributed by atoms with Crippen LogP contribution in [0.5, 0.6) is 0 Å². The molecule has 0 atom stereocenters. The van der Waals surface area contributed by atoms with Crippen molar-refractivity contribution in [1.29, 1.82) is 0 Å². The molecule has 0 spiro atoms. The van der Waals surface area contributed by atoms with Gasteiger partial charge in [0.2, 0.25) is 0 Å². The van der Waals surface area contributed by atoms with Crippen molar-refractivity contribution < 1.29 is 9.59 Å². The second-order valence-electron chi connectivity index (χ2n) is 7.90. The van der Waals surface area contributed by atoms with Gasteiger partial charge in [-0.3, -0.25) is 9.59 Å². The molecule has 0 fully saturated rings. The monoisotopic (exact) mass is 320 g/mol. The fourth-order valence-corrected chi connectivity index (χ4v) is 4.27. The summed E-state index contributed by atoms with van der Waals surface area (Å²) in [6, 6.07) is 11.5. The number of aryl methyl sites for hydroxylation is 2. The first-order valence-corrected chi connectivity index (χ1v) is 8.40. The smallest absolute Gasteiger partial charge is 0.173 e. The predicted octanol–water partition coefficient (Wildman–Crippen LogP) is 4.94. The van der Waals surface area contributed by atoms with Crippen molar-refractivity contribution in [3.05, 3.63) is 69.8 Å². The lowest BCUT2D eigenvalue weighted by Crippen LogP contribution is -2.41. The Morgan fingerprint density at radius 2 is 0.958 bits per heavy atom. The molecular formula is C22H24O2. The molecule has 0 amide bonds. The SMILES string of the molecule is Cc1cccc2c1C(C)(C)C(=O)c1cccc(C)c1C(C)(C)C2=O. The van der Waals surface area contributed by atoms with E-state index in [1.165, 1.54) is 0 Å². The summed E-state index contributed by atoms with van der Waals surface area (Å²) in [5, 5.41) is 0. The zero-order valence-electron chi connectivity index (χ0n) is 15.3. The van der Waals surface area contributed by atoms with Crippen molar-refractivity contribution in [2.75, 3.05) is 0 Å². The largest absolute Gasteiger partial charge is 0.293 e. The number of carbonyl (C=O) groups excluding carboxylic acids is 2. The van der Waals surface area contributed by atoms with Crippen LogP contribution >= 0.6 is 0 Å². The lowest BCUT2D eigenvalue weighted by Gasteiger charge is -2.37. The summed E-state index contributed by atoms with van der Waals surface area (Å²) in [6.45, 7) is 11.7. The first-order valence-electron chi connectivity index (χ1n) is 8.40. The highest BCUT2D eigenvalue weighted by atomic mass is 16.1. The zero-order valence-corrected chi connectivity index (χ0v) is 15.3. The number of ketones is 2. The van der Waals surface area contributed by atoms with Crippen molar-refractivity contribution in [1.82, 2.24) is 0 Å². The van der Waals surface area contributed by atoms with Crippen LogP contribution in [0.4, 0.5) is 0 Å². The van der Waals surface area contributed by atoms with Gasteiger partial charge in [0.1, 0.15) is 0 Å². The highest BCUT2D eigenvalue weighted by Crippen LogP contribution is 2.42. The molecule has 0 aromatic heterocycles. The first-order chi connectivity index (χ1) is 11.1. The van der Waals surface area contributed by atoms with Gasteiger partial charge < -0.3 is 0 Å². The van der Waals surface area contributed by atoms with Gasteiger partial charge in [-0.15, -0.1) is 0 Å². The second kappa shape index (κ2) is 5.14. The fourth-order valence-electron chi connectivity index (χ4n) is 4.27. The Hall–Kier alpha value is -2.22. The summed E-state index contributed by atoms with van der Waals surface area (Å²) < 4.78 is 0. The lowest BCUT2D eigenvalue weighted by atomic mass is 9.64. The molecule has 2 aromatic rings. The van der Waals surface area contributed by atoms with Gasteiger partial charge in [-0.2, -0.15) is 0 Å². The summed E-state index contributed by atoms with van der Waals surface area (Å²) in [7, 11) is 0. The average molecular weight is 320 g/mol. The van der Waals surface area contributed by atoms with E-state index in [1.54, 1.807) is 0 Å². The number of fused-ring (bicyclic) bond motifs is 2. The molecule has 1 aliphatic rings. The van der Waals surface area contributed by atoms with Gasteiger partial charge in [-0.05, 0) is 63.8 Å². The van der Waals surface area contributed by atoms with Crippen molar-refractivity contribution in [2.24, 2.45) is 0 Å². The van der Waals surface area contributed by atoms with E-state index in [1.807, 2.05) is 77.9 Å². The quantitative estimate of drug-likeness (QED) is 0.689. The Morgan fingerprint density at radius 3 is 1.29 bits per heavy atom. The van der Waals surface area contributed by atoms with Crippen LogP contribution in [0, 0.1) is 13.8 Å². The Kier molecular flexibility index (Phi) is 3.56. The minimum atomic E-state index is -0.741. The van der Waals surface area contributed by atoms with Crippen LogP contribution in [0.3, 0.4) is 0 Å². The van der Waals surface area contributed by atoms with E-state index < -0.39 is 10.8 Å². The highest BCUT2D eigenvalue weighted by molar-refractivity contribution is 6.14. The summed E-state index contributed by atoms with van der Waals surface area (Å²) in [4.78, 5) is 26.9. The normalized spacial score (nSPS) is 18.4. The van der Waals surface area contributed by atoms with E-state index in [2.05, 4.69) is 0 Å². The molecule has 0 saturated carbocycles. The van der Waals surface area contributed by atoms with Gasteiger partial charge in [0, 0.05) is 11.1 Å². The van der Waals surface area contributed by atoms with Crippen molar-refractivity contribution in [3.63, 3.8) is 0 Å². The van der Waals surface area contributed by atoms with Gasteiger partial charge in [0.05, 0.1) is 10.8 Å². The van der Waals surface area contributed by atoms with E-state index in [0.717, 1.165) is 22.3 Å². The highest BCUT2D eigenvalue weighted by Gasteiger charge is 2.45. The standard InChI is InChI=1S/C22H24O2/c1-13-9-7-11-15-17(13)21(3,4)20(24)16-12-8-10-14(2)18(16)22(5,6)19(15)23/h7-12H,1-6H3. The summed E-state index contributed by atoms with van der Waals surface area (Å²) in [5.41, 5.74) is 3.57. The van der Waals surface area contributed by atoms with Crippen LogP contribution in [0.1, 0.15) is 70.7 Å². The Bertz CT molecular complexity index is 796. The first kappa shape index (κ1) is 16.6. The summed E-state index contributed by atoms with van der Waals surface area (Å²) in [6.07, 6.45) is 0. The third-order valence-electron chi connectivity index (χ3n) is 5.42. The van der Waals surface area contributed by atoms with Crippen molar-refractivity contribution >= 4 is 11.6 Å². The topological polar surface area (TPSA) is 34.1 Å². The molecule has 0 N–H and O–H groups in total. The number of benzene rings is 2. The number of carbonyl (C=O) groups is 2. The molecule has 3 rings (SSSR count). The zero-order chi connectivity index (χ0) is 17.9. The summed E-state index contributed by atoms with van der Waals surface area (Å²) >= 11 is 0. The number of hydrogen-bond donors (Lipinski definition) is 0. The van der Waals surface area contributed by atoms with Gasteiger partial charge >= 0.3 is 0 Å². The Balaban J connectivity index is 2.48. The van der Waals surface area contributed by atoms with Crippen LogP contribution in [0.25, 0.3) is 0 Å². The maximum Gasteiger partial charge on any atom is 0.173 e. The van der Waals surface area contributed by atoms with E-state index in [-0.39, 0.29) is 11.6 Å². The van der Waals surface area contributed by atoms with E-state index in [4.69, 9.17) is 0 Å². The number of Topliss-reactive ketones (excluding diaryl/α,β-unsaturated/α-hetero) is 2. The Labute approximate surface area is 143 Å². The van der Waals surface area contributed by atoms with E-state index in [9.17, 15) is 9.59 Å². The lowest BCUT2D eigenvalue weighted by molar-refractivity contribution is 0.0870. The molecule has 24 heavy (non-hydrogen) atoms. The van der Waals surface area contributed by atoms with Gasteiger partial charge in [-0.1, -0.05) is 36.4 Å². The van der Waals surface area contributed by atoms with Gasteiger partial charge in [0.15, 0.2) is 11.6 Å². The minimum absolute atomic E-state index is 0.0809. The minimum Gasteiger partial charge on any atom is -0.293 e. The maximum atomic E-state index is 13.5.